The van der Waals surface area contributed by atoms with E-state index in [1.54, 1.807) is 0 Å². The third-order valence-corrected chi connectivity index (χ3v) is 5.17. The molecule has 0 saturated carbocycles. The molecule has 3 N–H and O–H groups in total. The van der Waals surface area contributed by atoms with Crippen molar-refractivity contribution in [3.63, 3.8) is 0 Å². The van der Waals surface area contributed by atoms with E-state index < -0.39 is 30.6 Å². The first kappa shape index (κ1) is 22.3. The molecule has 0 radical (unpaired) electrons. The van der Waals surface area contributed by atoms with Gasteiger partial charge < -0.3 is 15.2 Å². The Balaban J connectivity index is 1.61. The lowest BCUT2D eigenvalue weighted by atomic mass is 9.98. The molecular weight excluding hydrogens is 400 g/mol. The number of hydrogen-bond donors (Lipinski definition) is 3. The van der Waals surface area contributed by atoms with Crippen LogP contribution in [-0.2, 0) is 19.2 Å². The van der Waals surface area contributed by atoms with Crippen LogP contribution in [0.3, 0.4) is 0 Å². The summed E-state index contributed by atoms with van der Waals surface area (Å²) in [5.41, 5.74) is 6.51. The van der Waals surface area contributed by atoms with E-state index in [1.165, 1.54) is 0 Å². The number of carbonyl (C=O) groups excluding carboxylic acids is 2. The van der Waals surface area contributed by atoms with Gasteiger partial charge in [-0.3, -0.25) is 9.63 Å². The number of nitrogens with one attached hydrogen (secondary N) is 2. The fourth-order valence-corrected chi connectivity index (χ4v) is 3.70. The molecule has 1 aliphatic carbocycles. The van der Waals surface area contributed by atoms with Crippen molar-refractivity contribution in [1.82, 2.24) is 10.8 Å². The fraction of sp³-hybridized carbons (Fsp3) is 0.348. The van der Waals surface area contributed by atoms with Crippen molar-refractivity contribution in [2.24, 2.45) is 0 Å². The molecule has 1 atom stereocenters. The van der Waals surface area contributed by atoms with Crippen LogP contribution in [0.5, 0.6) is 0 Å². The zero-order valence-corrected chi connectivity index (χ0v) is 17.3. The summed E-state index contributed by atoms with van der Waals surface area (Å²) in [4.78, 5) is 39.8. The van der Waals surface area contributed by atoms with Crippen LogP contribution in [0, 0.1) is 0 Å². The lowest BCUT2D eigenvalue weighted by Crippen LogP contribution is -2.47. The number of fused-ring (bicyclic) bond motifs is 3. The van der Waals surface area contributed by atoms with Gasteiger partial charge in [-0.15, -0.1) is 0 Å². The number of carboxylic acids is 1. The number of hydroxylamine groups is 1. The zero-order valence-electron chi connectivity index (χ0n) is 17.3. The van der Waals surface area contributed by atoms with Crippen LogP contribution in [0.25, 0.3) is 11.1 Å². The van der Waals surface area contributed by atoms with Gasteiger partial charge in [0.1, 0.15) is 12.6 Å². The summed E-state index contributed by atoms with van der Waals surface area (Å²) in [6.07, 6.45) is 1.19. The molecule has 1 aliphatic rings. The first-order valence-electron chi connectivity index (χ1n) is 10.3. The van der Waals surface area contributed by atoms with Crippen molar-refractivity contribution < 1.29 is 29.1 Å². The summed E-state index contributed by atoms with van der Waals surface area (Å²) in [6, 6.07) is 15.2. The molecule has 0 fully saturated rings. The maximum absolute atomic E-state index is 12.4. The normalized spacial score (nSPS) is 13.1. The molecule has 0 spiro atoms. The molecule has 0 aromatic heterocycles. The van der Waals surface area contributed by atoms with Gasteiger partial charge in [-0.05, 0) is 28.7 Å². The lowest BCUT2D eigenvalue weighted by Gasteiger charge is -2.19. The molecule has 0 saturated heterocycles. The maximum atomic E-state index is 12.4. The van der Waals surface area contributed by atoms with Gasteiger partial charge in [0.05, 0.1) is 0 Å². The minimum atomic E-state index is -1.21. The van der Waals surface area contributed by atoms with Crippen LogP contribution in [0.2, 0.25) is 0 Å². The van der Waals surface area contributed by atoms with E-state index in [2.05, 4.69) is 27.8 Å². The van der Waals surface area contributed by atoms with Crippen molar-refractivity contribution >= 4 is 18.0 Å². The predicted octanol–water partition coefficient (Wildman–Crippen LogP) is 3.22. The number of benzene rings is 2. The van der Waals surface area contributed by atoms with Gasteiger partial charge in [-0.2, -0.15) is 0 Å². The Morgan fingerprint density at radius 3 is 2.23 bits per heavy atom. The summed E-state index contributed by atoms with van der Waals surface area (Å²) in [6.45, 7) is 1.43. The van der Waals surface area contributed by atoms with Crippen LogP contribution < -0.4 is 10.8 Å². The average Bonchev–Trinajstić information content (AvgIpc) is 3.08. The van der Waals surface area contributed by atoms with Gasteiger partial charge in [0.2, 0.25) is 0 Å². The molecule has 0 bridgehead atoms. The predicted molar refractivity (Wildman–Crippen MR) is 113 cm³/mol. The van der Waals surface area contributed by atoms with Crippen LogP contribution in [0.1, 0.15) is 43.2 Å². The number of carbonyl (C=O) groups is 3. The van der Waals surface area contributed by atoms with Gasteiger partial charge in [0, 0.05) is 5.92 Å². The number of hydrogen-bond acceptors (Lipinski definition) is 5. The van der Waals surface area contributed by atoms with Crippen LogP contribution in [-0.4, -0.2) is 42.3 Å². The zero-order chi connectivity index (χ0) is 22.2. The molecular formula is C23H26N2O6. The average molecular weight is 426 g/mol. The van der Waals surface area contributed by atoms with Crippen molar-refractivity contribution in [2.75, 3.05) is 13.2 Å². The SMILES string of the molecule is CCCC[C@H](NC(=O)OCC1c2ccccc2-c2ccccc21)C(=O)NOCC(=O)O. The Hall–Kier alpha value is -3.39. The highest BCUT2D eigenvalue weighted by atomic mass is 16.7. The molecule has 164 valence electrons. The number of unbranched alkanes of at least 4 members (excludes halogenated alkanes) is 1. The Labute approximate surface area is 180 Å². The van der Waals surface area contributed by atoms with E-state index >= 15 is 0 Å². The van der Waals surface area contributed by atoms with Crippen LogP contribution >= 0.6 is 0 Å². The molecule has 0 aliphatic heterocycles. The van der Waals surface area contributed by atoms with E-state index in [4.69, 9.17) is 9.84 Å². The second kappa shape index (κ2) is 10.6. The minimum absolute atomic E-state index is 0.0834. The van der Waals surface area contributed by atoms with Gasteiger partial charge in [-0.1, -0.05) is 68.3 Å². The second-order valence-electron chi connectivity index (χ2n) is 7.31. The van der Waals surface area contributed by atoms with E-state index in [9.17, 15) is 14.4 Å². The maximum Gasteiger partial charge on any atom is 0.407 e. The highest BCUT2D eigenvalue weighted by Crippen LogP contribution is 2.44. The van der Waals surface area contributed by atoms with E-state index in [1.807, 2.05) is 43.3 Å². The van der Waals surface area contributed by atoms with E-state index in [0.29, 0.717) is 12.8 Å². The first-order chi connectivity index (χ1) is 15.0. The van der Waals surface area contributed by atoms with Gasteiger partial charge in [0.25, 0.3) is 5.91 Å². The number of amides is 2. The molecule has 2 aromatic rings. The highest BCUT2D eigenvalue weighted by molar-refractivity contribution is 5.85. The summed E-state index contributed by atoms with van der Waals surface area (Å²) < 4.78 is 5.48. The first-order valence-corrected chi connectivity index (χ1v) is 10.3. The van der Waals surface area contributed by atoms with E-state index in [0.717, 1.165) is 28.7 Å². The van der Waals surface area contributed by atoms with Gasteiger partial charge in [-0.25, -0.2) is 15.1 Å². The highest BCUT2D eigenvalue weighted by Gasteiger charge is 2.29. The standard InChI is InChI=1S/C23H26N2O6/c1-2-3-12-20(22(28)25-31-14-21(26)27)24-23(29)30-13-19-17-10-6-4-8-15(17)16-9-5-7-11-18(16)19/h4-11,19-20H,2-3,12-14H2,1H3,(H,24,29)(H,25,28)(H,26,27)/t20-/m0/s1. The molecule has 0 heterocycles. The third-order valence-electron chi connectivity index (χ3n) is 5.17. The van der Waals surface area contributed by atoms with Crippen LogP contribution in [0.15, 0.2) is 48.5 Å². The quantitative estimate of drug-likeness (QED) is 0.503. The number of carboxylic acid groups (broad SMARTS) is 1. The molecule has 8 heteroatoms. The summed E-state index contributed by atoms with van der Waals surface area (Å²) in [7, 11) is 0. The second-order valence-corrected chi connectivity index (χ2v) is 7.31. The number of alkyl carbamates (subject to hydrolysis) is 1. The van der Waals surface area contributed by atoms with Crippen molar-refractivity contribution in [1.29, 1.82) is 0 Å². The molecule has 2 aromatic carbocycles. The Morgan fingerprint density at radius 2 is 1.65 bits per heavy atom. The monoisotopic (exact) mass is 426 g/mol. The smallest absolute Gasteiger partial charge is 0.407 e. The topological polar surface area (TPSA) is 114 Å². The van der Waals surface area contributed by atoms with Crippen molar-refractivity contribution in [3.8, 4) is 11.1 Å². The third kappa shape index (κ3) is 5.61. The summed E-state index contributed by atoms with van der Waals surface area (Å²) in [5, 5.41) is 11.2. The molecule has 2 amide bonds. The number of ether oxygens (including phenoxy) is 1. The summed E-state index contributed by atoms with van der Waals surface area (Å²) in [5.74, 6) is -1.92. The molecule has 8 nitrogen and oxygen atoms in total. The Kier molecular flexibility index (Phi) is 7.61. The fourth-order valence-electron chi connectivity index (χ4n) is 3.70. The number of aliphatic carboxylic acids is 1. The van der Waals surface area contributed by atoms with Gasteiger partial charge >= 0.3 is 12.1 Å². The molecule has 0 unspecified atom stereocenters. The van der Waals surface area contributed by atoms with Crippen molar-refractivity contribution in [2.45, 2.75) is 38.1 Å². The number of rotatable bonds is 10. The molecule has 31 heavy (non-hydrogen) atoms. The van der Waals surface area contributed by atoms with Crippen molar-refractivity contribution in [3.05, 3.63) is 59.7 Å². The minimum Gasteiger partial charge on any atom is -0.479 e. The Bertz CT molecular complexity index is 900. The largest absolute Gasteiger partial charge is 0.479 e. The molecule has 3 rings (SSSR count). The lowest BCUT2D eigenvalue weighted by molar-refractivity contribution is -0.150. The van der Waals surface area contributed by atoms with Gasteiger partial charge in [0.15, 0.2) is 6.61 Å². The Morgan fingerprint density at radius 1 is 1.03 bits per heavy atom. The van der Waals surface area contributed by atoms with Crippen LogP contribution in [0.4, 0.5) is 4.79 Å². The van der Waals surface area contributed by atoms with E-state index in [-0.39, 0.29) is 12.5 Å². The summed E-state index contributed by atoms with van der Waals surface area (Å²) >= 11 is 0.